The van der Waals surface area contributed by atoms with Crippen molar-refractivity contribution in [2.75, 3.05) is 7.11 Å². The summed E-state index contributed by atoms with van der Waals surface area (Å²) in [6, 6.07) is 11.7. The van der Waals surface area contributed by atoms with Gasteiger partial charge in [-0.1, -0.05) is 37.6 Å². The van der Waals surface area contributed by atoms with Crippen molar-refractivity contribution in [3.05, 3.63) is 70.4 Å². The minimum atomic E-state index is -0.892. The smallest absolute Gasteiger partial charge is 0.335 e. The first-order valence-corrected chi connectivity index (χ1v) is 10.3. The third kappa shape index (κ3) is 3.23. The van der Waals surface area contributed by atoms with Crippen LogP contribution in [0.4, 0.5) is 0 Å². The molecule has 0 radical (unpaired) electrons. The van der Waals surface area contributed by atoms with E-state index in [1.807, 2.05) is 12.1 Å². The second-order valence-corrected chi connectivity index (χ2v) is 7.66. The Labute approximate surface area is 171 Å². The van der Waals surface area contributed by atoms with Crippen molar-refractivity contribution >= 4 is 22.4 Å². The number of aromatic nitrogens is 1. The summed E-state index contributed by atoms with van der Waals surface area (Å²) in [6.07, 6.45) is 7.46. The molecule has 1 N–H and O–H groups in total. The van der Waals surface area contributed by atoms with Crippen molar-refractivity contribution in [3.63, 3.8) is 0 Å². The Hall–Kier alpha value is -3.01. The van der Waals surface area contributed by atoms with E-state index in [1.165, 1.54) is 28.0 Å². The molecule has 0 amide bonds. The quantitative estimate of drug-likeness (QED) is 0.596. The summed E-state index contributed by atoms with van der Waals surface area (Å²) in [4.78, 5) is 11.5. The number of aromatic carboxylic acids is 1. The Bertz CT molecular complexity index is 1120. The molecule has 29 heavy (non-hydrogen) atoms. The molecule has 0 aliphatic heterocycles. The fourth-order valence-electron chi connectivity index (χ4n) is 4.53. The summed E-state index contributed by atoms with van der Waals surface area (Å²) in [7, 11) is 3.78. The maximum atomic E-state index is 11.5. The van der Waals surface area contributed by atoms with Gasteiger partial charge in [0.05, 0.1) is 12.7 Å². The van der Waals surface area contributed by atoms with E-state index in [9.17, 15) is 9.90 Å². The molecular weight excluding hydrogens is 362 g/mol. The van der Waals surface area contributed by atoms with Crippen LogP contribution in [0.5, 0.6) is 5.75 Å². The van der Waals surface area contributed by atoms with Crippen LogP contribution in [-0.2, 0) is 19.9 Å². The fourth-order valence-corrected chi connectivity index (χ4v) is 4.53. The zero-order chi connectivity index (χ0) is 20.5. The molecule has 1 heterocycles. The number of ether oxygens (including phenoxy) is 1. The summed E-state index contributed by atoms with van der Waals surface area (Å²) in [5.41, 5.74) is 7.53. The van der Waals surface area contributed by atoms with E-state index in [-0.39, 0.29) is 0 Å². The van der Waals surface area contributed by atoms with E-state index in [4.69, 9.17) is 4.74 Å². The highest BCUT2D eigenvalue weighted by molar-refractivity contribution is 6.02. The highest BCUT2D eigenvalue weighted by atomic mass is 16.5. The van der Waals surface area contributed by atoms with E-state index in [0.29, 0.717) is 5.56 Å². The summed E-state index contributed by atoms with van der Waals surface area (Å²) in [5, 5.41) is 10.6. The van der Waals surface area contributed by atoms with E-state index < -0.39 is 5.97 Å². The van der Waals surface area contributed by atoms with Crippen LogP contribution >= 0.6 is 0 Å². The normalized spacial score (nSPS) is 13.3. The minimum Gasteiger partial charge on any atom is -0.496 e. The first-order chi connectivity index (χ1) is 14.1. The fraction of sp³-hybridized carbons (Fsp3) is 0.320. The number of unbranched alkanes of at least 4 members (excludes halogenated alkanes) is 1. The summed E-state index contributed by atoms with van der Waals surface area (Å²) in [5.74, 6) is 0.0494. The molecule has 0 unspecified atom stereocenters. The lowest BCUT2D eigenvalue weighted by molar-refractivity contribution is 0.0697. The minimum absolute atomic E-state index is 0.325. The molecule has 0 spiro atoms. The zero-order valence-corrected chi connectivity index (χ0v) is 17.3. The molecular formula is C25H27NO3. The number of allylic oxidation sites excluding steroid dienone is 1. The molecule has 1 aromatic heterocycles. The van der Waals surface area contributed by atoms with E-state index >= 15 is 0 Å². The van der Waals surface area contributed by atoms with Crippen molar-refractivity contribution in [2.24, 2.45) is 7.05 Å². The van der Waals surface area contributed by atoms with Crippen molar-refractivity contribution in [3.8, 4) is 5.75 Å². The maximum Gasteiger partial charge on any atom is 0.335 e. The highest BCUT2D eigenvalue weighted by Gasteiger charge is 2.24. The molecule has 0 atom stereocenters. The van der Waals surface area contributed by atoms with Crippen LogP contribution in [0.2, 0.25) is 0 Å². The van der Waals surface area contributed by atoms with Gasteiger partial charge in [0, 0.05) is 34.8 Å². The predicted molar refractivity (Wildman–Crippen MR) is 117 cm³/mol. The predicted octanol–water partition coefficient (Wildman–Crippen LogP) is 5.61. The van der Waals surface area contributed by atoms with Gasteiger partial charge in [0.15, 0.2) is 0 Å². The van der Waals surface area contributed by atoms with Crippen LogP contribution in [-0.4, -0.2) is 22.8 Å². The van der Waals surface area contributed by atoms with Crippen molar-refractivity contribution < 1.29 is 14.6 Å². The SMILES string of the molecule is CCCCc1c(C2=CCCc3c(OC)cccc32)c2ccc(C(=O)O)cc2n1C. The number of hydrogen-bond acceptors (Lipinski definition) is 2. The lowest BCUT2D eigenvalue weighted by atomic mass is 9.84. The number of carboxylic acids is 1. The van der Waals surface area contributed by atoms with Gasteiger partial charge in [-0.3, -0.25) is 0 Å². The zero-order valence-electron chi connectivity index (χ0n) is 17.3. The van der Waals surface area contributed by atoms with Gasteiger partial charge in [0.1, 0.15) is 5.75 Å². The molecule has 0 fully saturated rings. The Balaban J connectivity index is 1.98. The standard InChI is InChI=1S/C25H27NO3/c1-4-5-11-21-24(20-14-13-16(25(27)28)15-22(20)26(21)2)19-10-6-9-18-17(19)8-7-12-23(18)29-3/h7-8,10,12-15H,4-6,9,11H2,1-3H3,(H,27,28). The third-order valence-electron chi connectivity index (χ3n) is 5.99. The van der Waals surface area contributed by atoms with Crippen LogP contribution in [0.1, 0.15) is 58.9 Å². The number of hydrogen-bond donors (Lipinski definition) is 1. The monoisotopic (exact) mass is 389 g/mol. The lowest BCUT2D eigenvalue weighted by Gasteiger charge is -2.21. The largest absolute Gasteiger partial charge is 0.496 e. The number of rotatable bonds is 6. The molecule has 0 bridgehead atoms. The van der Waals surface area contributed by atoms with E-state index in [1.54, 1.807) is 19.2 Å². The van der Waals surface area contributed by atoms with Crippen molar-refractivity contribution in [2.45, 2.75) is 39.0 Å². The van der Waals surface area contributed by atoms with E-state index in [0.717, 1.165) is 48.8 Å². The molecule has 3 aromatic rings. The van der Waals surface area contributed by atoms with Gasteiger partial charge in [0.25, 0.3) is 0 Å². The van der Waals surface area contributed by atoms with Gasteiger partial charge in [-0.25, -0.2) is 4.79 Å². The Morgan fingerprint density at radius 2 is 2.07 bits per heavy atom. The van der Waals surface area contributed by atoms with Gasteiger partial charge in [-0.05, 0) is 55.0 Å². The molecule has 2 aromatic carbocycles. The lowest BCUT2D eigenvalue weighted by Crippen LogP contribution is -2.06. The number of carbonyl (C=O) groups is 1. The number of aryl methyl sites for hydroxylation is 1. The van der Waals surface area contributed by atoms with Gasteiger partial charge < -0.3 is 14.4 Å². The number of methoxy groups -OCH3 is 1. The second-order valence-electron chi connectivity index (χ2n) is 7.66. The van der Waals surface area contributed by atoms with Gasteiger partial charge >= 0.3 is 5.97 Å². The van der Waals surface area contributed by atoms with Crippen LogP contribution in [0.3, 0.4) is 0 Å². The molecule has 4 heteroatoms. The topological polar surface area (TPSA) is 51.5 Å². The Morgan fingerprint density at radius 3 is 2.79 bits per heavy atom. The average Bonchev–Trinajstić information content (AvgIpc) is 3.02. The summed E-state index contributed by atoms with van der Waals surface area (Å²) in [6.45, 7) is 2.20. The number of carboxylic acid groups (broad SMARTS) is 1. The number of fused-ring (bicyclic) bond motifs is 2. The average molecular weight is 389 g/mol. The van der Waals surface area contributed by atoms with Crippen LogP contribution in [0.25, 0.3) is 16.5 Å². The number of nitrogens with zero attached hydrogens (tertiary/aromatic N) is 1. The summed E-state index contributed by atoms with van der Waals surface area (Å²) >= 11 is 0. The van der Waals surface area contributed by atoms with Crippen LogP contribution in [0.15, 0.2) is 42.5 Å². The highest BCUT2D eigenvalue weighted by Crippen LogP contribution is 2.41. The Morgan fingerprint density at radius 1 is 1.24 bits per heavy atom. The van der Waals surface area contributed by atoms with Crippen molar-refractivity contribution in [1.29, 1.82) is 0 Å². The molecule has 1 aliphatic rings. The second kappa shape index (κ2) is 7.78. The molecule has 0 saturated carbocycles. The van der Waals surface area contributed by atoms with E-state index in [2.05, 4.69) is 36.7 Å². The van der Waals surface area contributed by atoms with Gasteiger partial charge in [-0.2, -0.15) is 0 Å². The van der Waals surface area contributed by atoms with Crippen molar-refractivity contribution in [1.82, 2.24) is 4.57 Å². The van der Waals surface area contributed by atoms with Gasteiger partial charge in [-0.15, -0.1) is 0 Å². The Kier molecular flexibility index (Phi) is 5.18. The third-order valence-corrected chi connectivity index (χ3v) is 5.99. The molecule has 4 nitrogen and oxygen atoms in total. The van der Waals surface area contributed by atoms with Gasteiger partial charge in [0.2, 0.25) is 0 Å². The van der Waals surface area contributed by atoms with Crippen LogP contribution < -0.4 is 4.74 Å². The first-order valence-electron chi connectivity index (χ1n) is 10.3. The molecule has 0 saturated heterocycles. The molecule has 4 rings (SSSR count). The van der Waals surface area contributed by atoms with Crippen LogP contribution in [0, 0.1) is 0 Å². The number of benzene rings is 2. The first kappa shape index (κ1) is 19.3. The maximum absolute atomic E-state index is 11.5. The molecule has 150 valence electrons. The molecule has 1 aliphatic carbocycles. The summed E-state index contributed by atoms with van der Waals surface area (Å²) < 4.78 is 7.81.